The minimum atomic E-state index is 0.106. The van der Waals surface area contributed by atoms with Crippen LogP contribution >= 0.6 is 0 Å². The number of para-hydroxylation sites is 1. The average molecular weight is 242 g/mol. The molecule has 0 saturated carbocycles. The van der Waals surface area contributed by atoms with E-state index in [1.54, 1.807) is 0 Å². The van der Waals surface area contributed by atoms with E-state index in [1.807, 2.05) is 18.4 Å². The third kappa shape index (κ3) is 1.68. The second-order valence-electron chi connectivity index (χ2n) is 5.65. The Hall–Kier alpha value is -1.54. The van der Waals surface area contributed by atoms with Crippen LogP contribution in [0.1, 0.15) is 26.3 Å². The lowest BCUT2D eigenvalue weighted by atomic mass is 9.80. The Kier molecular flexibility index (Phi) is 2.56. The third-order valence-corrected chi connectivity index (χ3v) is 3.74. The summed E-state index contributed by atoms with van der Waals surface area (Å²) >= 11 is 0. The summed E-state index contributed by atoms with van der Waals surface area (Å²) < 4.78 is 11.3. The molecule has 18 heavy (non-hydrogen) atoms. The van der Waals surface area contributed by atoms with Crippen LogP contribution in [-0.4, -0.2) is 13.2 Å². The number of allylic oxidation sites excluding steroid dienone is 2. The Bertz CT molecular complexity index is 550. The number of benzene rings is 1. The van der Waals surface area contributed by atoms with Crippen LogP contribution in [-0.2, 0) is 4.74 Å². The number of rotatable bonds is 0. The summed E-state index contributed by atoms with van der Waals surface area (Å²) in [4.78, 5) is 0. The molecular weight excluding hydrogens is 224 g/mol. The minimum Gasteiger partial charge on any atom is -0.464 e. The zero-order valence-corrected chi connectivity index (χ0v) is 11.1. The molecule has 2 aliphatic heterocycles. The summed E-state index contributed by atoms with van der Waals surface area (Å²) in [6, 6.07) is 8.21. The van der Waals surface area contributed by atoms with E-state index in [2.05, 4.69) is 32.9 Å². The summed E-state index contributed by atoms with van der Waals surface area (Å²) in [6.07, 6.45) is 1.85. The second-order valence-corrected chi connectivity index (χ2v) is 5.65. The van der Waals surface area contributed by atoms with Crippen LogP contribution in [0.25, 0.3) is 5.57 Å². The summed E-state index contributed by atoms with van der Waals surface area (Å²) in [5.41, 5.74) is 5.16. The number of ether oxygens (including phenoxy) is 2. The zero-order valence-electron chi connectivity index (χ0n) is 11.1. The van der Waals surface area contributed by atoms with E-state index in [9.17, 15) is 0 Å². The van der Waals surface area contributed by atoms with Gasteiger partial charge in [-0.1, -0.05) is 32.0 Å². The van der Waals surface area contributed by atoms with Gasteiger partial charge in [0.1, 0.15) is 5.75 Å². The van der Waals surface area contributed by atoms with Gasteiger partial charge in [-0.3, -0.25) is 0 Å². The Labute approximate surface area is 108 Å². The van der Waals surface area contributed by atoms with Gasteiger partial charge in [0.25, 0.3) is 0 Å². The molecule has 0 N–H and O–H groups in total. The molecule has 0 aliphatic carbocycles. The molecule has 0 spiro atoms. The molecule has 0 amide bonds. The minimum absolute atomic E-state index is 0.106. The Morgan fingerprint density at radius 3 is 2.67 bits per heavy atom. The summed E-state index contributed by atoms with van der Waals surface area (Å²) in [5, 5.41) is 0. The van der Waals surface area contributed by atoms with Crippen LogP contribution < -0.4 is 4.74 Å². The molecule has 2 heterocycles. The molecule has 1 saturated heterocycles. The predicted molar refractivity (Wildman–Crippen MR) is 72.3 cm³/mol. The van der Waals surface area contributed by atoms with Gasteiger partial charge in [0.15, 0.2) is 0 Å². The van der Waals surface area contributed by atoms with Gasteiger partial charge >= 0.3 is 0 Å². The van der Waals surface area contributed by atoms with Crippen molar-refractivity contribution in [2.45, 2.75) is 20.8 Å². The van der Waals surface area contributed by atoms with E-state index in [0.29, 0.717) is 0 Å². The van der Waals surface area contributed by atoms with Crippen LogP contribution in [0.15, 0.2) is 41.7 Å². The SMILES string of the molecule is CC1=COc2ccccc2C1=C1COCC1(C)C. The zero-order chi connectivity index (χ0) is 12.8. The molecule has 0 aromatic heterocycles. The summed E-state index contributed by atoms with van der Waals surface area (Å²) in [7, 11) is 0. The number of fused-ring (bicyclic) bond motifs is 1. The topological polar surface area (TPSA) is 18.5 Å². The Morgan fingerprint density at radius 2 is 1.94 bits per heavy atom. The van der Waals surface area contributed by atoms with E-state index in [1.165, 1.54) is 22.3 Å². The smallest absolute Gasteiger partial charge is 0.134 e. The Morgan fingerprint density at radius 1 is 1.17 bits per heavy atom. The first-order valence-corrected chi connectivity index (χ1v) is 6.34. The van der Waals surface area contributed by atoms with E-state index in [0.717, 1.165) is 19.0 Å². The first-order chi connectivity index (χ1) is 8.59. The van der Waals surface area contributed by atoms with Crippen LogP contribution in [0, 0.1) is 5.41 Å². The summed E-state index contributed by atoms with van der Waals surface area (Å²) in [5.74, 6) is 0.938. The van der Waals surface area contributed by atoms with Crippen molar-refractivity contribution in [1.29, 1.82) is 0 Å². The molecule has 3 rings (SSSR count). The fraction of sp³-hybridized carbons (Fsp3) is 0.375. The highest BCUT2D eigenvalue weighted by Crippen LogP contribution is 2.44. The van der Waals surface area contributed by atoms with Gasteiger partial charge in [0.05, 0.1) is 19.5 Å². The lowest BCUT2D eigenvalue weighted by Crippen LogP contribution is -2.16. The molecule has 1 aromatic rings. The normalized spacial score (nSPS) is 25.4. The monoisotopic (exact) mass is 242 g/mol. The van der Waals surface area contributed by atoms with Crippen molar-refractivity contribution in [2.75, 3.05) is 13.2 Å². The van der Waals surface area contributed by atoms with Crippen molar-refractivity contribution >= 4 is 5.57 Å². The van der Waals surface area contributed by atoms with Gasteiger partial charge < -0.3 is 9.47 Å². The highest BCUT2D eigenvalue weighted by atomic mass is 16.5. The molecule has 0 unspecified atom stereocenters. The molecule has 2 nitrogen and oxygen atoms in total. The van der Waals surface area contributed by atoms with E-state index in [-0.39, 0.29) is 5.41 Å². The molecule has 94 valence electrons. The van der Waals surface area contributed by atoms with Gasteiger partial charge in [0, 0.05) is 11.0 Å². The maximum atomic E-state index is 5.66. The Balaban J connectivity index is 2.24. The van der Waals surface area contributed by atoms with Crippen LogP contribution in [0.5, 0.6) is 5.75 Å². The standard InChI is InChI=1S/C16H18O2/c1-11-8-18-14-7-5-4-6-12(14)15(11)13-9-17-10-16(13,2)3/h4-8H,9-10H2,1-3H3. The lowest BCUT2D eigenvalue weighted by Gasteiger charge is -2.26. The number of hydrogen-bond acceptors (Lipinski definition) is 2. The van der Waals surface area contributed by atoms with Crippen molar-refractivity contribution in [3.05, 3.63) is 47.2 Å². The van der Waals surface area contributed by atoms with Crippen LogP contribution in [0.3, 0.4) is 0 Å². The fourth-order valence-corrected chi connectivity index (χ4v) is 2.70. The molecule has 1 aromatic carbocycles. The van der Waals surface area contributed by atoms with Gasteiger partial charge in [-0.05, 0) is 29.7 Å². The van der Waals surface area contributed by atoms with Crippen LogP contribution in [0.4, 0.5) is 0 Å². The summed E-state index contributed by atoms with van der Waals surface area (Å²) in [6.45, 7) is 8.11. The van der Waals surface area contributed by atoms with Crippen molar-refractivity contribution in [2.24, 2.45) is 5.41 Å². The van der Waals surface area contributed by atoms with Crippen molar-refractivity contribution in [3.63, 3.8) is 0 Å². The largest absolute Gasteiger partial charge is 0.464 e. The van der Waals surface area contributed by atoms with Gasteiger partial charge in [-0.25, -0.2) is 0 Å². The molecular formula is C16H18O2. The lowest BCUT2D eigenvalue weighted by molar-refractivity contribution is 0.167. The number of hydrogen-bond donors (Lipinski definition) is 0. The van der Waals surface area contributed by atoms with Crippen molar-refractivity contribution in [3.8, 4) is 5.75 Å². The van der Waals surface area contributed by atoms with Gasteiger partial charge in [0.2, 0.25) is 0 Å². The maximum absolute atomic E-state index is 5.66. The first kappa shape index (κ1) is 11.5. The fourth-order valence-electron chi connectivity index (χ4n) is 2.70. The van der Waals surface area contributed by atoms with Crippen LogP contribution in [0.2, 0.25) is 0 Å². The molecule has 2 heteroatoms. The quantitative estimate of drug-likeness (QED) is 0.689. The average Bonchev–Trinajstić information content (AvgIpc) is 2.69. The van der Waals surface area contributed by atoms with Gasteiger partial charge in [-0.15, -0.1) is 0 Å². The highest BCUT2D eigenvalue weighted by Gasteiger charge is 2.34. The highest BCUT2D eigenvalue weighted by molar-refractivity contribution is 5.86. The first-order valence-electron chi connectivity index (χ1n) is 6.34. The second kappa shape index (κ2) is 3.99. The molecule has 2 aliphatic rings. The molecule has 0 atom stereocenters. The van der Waals surface area contributed by atoms with E-state index in [4.69, 9.17) is 9.47 Å². The molecule has 0 radical (unpaired) electrons. The van der Waals surface area contributed by atoms with E-state index >= 15 is 0 Å². The van der Waals surface area contributed by atoms with Crippen molar-refractivity contribution in [1.82, 2.24) is 0 Å². The van der Waals surface area contributed by atoms with E-state index < -0.39 is 0 Å². The third-order valence-electron chi connectivity index (χ3n) is 3.74. The molecule has 0 bridgehead atoms. The van der Waals surface area contributed by atoms with Gasteiger partial charge in [-0.2, -0.15) is 0 Å². The maximum Gasteiger partial charge on any atom is 0.134 e. The molecule has 1 fully saturated rings. The van der Waals surface area contributed by atoms with Crippen molar-refractivity contribution < 1.29 is 9.47 Å². The predicted octanol–water partition coefficient (Wildman–Crippen LogP) is 3.79.